The van der Waals surface area contributed by atoms with Gasteiger partial charge in [0.2, 0.25) is 0 Å². The lowest BCUT2D eigenvalue weighted by Gasteiger charge is -2.40. The molecule has 0 N–H and O–H groups in total. The normalized spacial score (nSPS) is 16.2. The average molecular weight is 476 g/mol. The summed E-state index contributed by atoms with van der Waals surface area (Å²) in [5.41, 5.74) is 0. The average Bonchev–Trinajstić information content (AvgIpc) is 2.49. The molecular weight excluding hydrogens is 459 g/mol. The van der Waals surface area contributed by atoms with E-state index in [2.05, 4.69) is 4.74 Å². The van der Waals surface area contributed by atoms with E-state index in [1.54, 1.807) is 0 Å². The summed E-state index contributed by atoms with van der Waals surface area (Å²) in [6.45, 7) is 4.31. The van der Waals surface area contributed by atoms with Crippen molar-refractivity contribution in [2.45, 2.75) is 76.0 Å². The molecule has 0 bridgehead atoms. The maximum atomic E-state index is 13.9. The second-order valence-corrected chi connectivity index (χ2v) is 7.04. The molecule has 0 saturated heterocycles. The molecule has 0 aliphatic rings. The minimum atomic E-state index is -7.96. The van der Waals surface area contributed by atoms with Crippen LogP contribution in [0, 0.1) is 11.8 Å². The van der Waals surface area contributed by atoms with Crippen LogP contribution in [-0.2, 0) is 9.53 Å². The van der Waals surface area contributed by atoms with Gasteiger partial charge in [-0.3, -0.25) is 4.79 Å². The third kappa shape index (κ3) is 4.73. The van der Waals surface area contributed by atoms with Crippen molar-refractivity contribution < 1.29 is 66.6 Å². The fourth-order valence-corrected chi connectivity index (χ4v) is 2.12. The second kappa shape index (κ2) is 8.24. The number of alkyl halides is 13. The molecule has 0 heterocycles. The van der Waals surface area contributed by atoms with Crippen molar-refractivity contribution in [2.75, 3.05) is 0 Å². The highest BCUT2D eigenvalue weighted by molar-refractivity contribution is 5.73. The van der Waals surface area contributed by atoms with Crippen molar-refractivity contribution in [3.8, 4) is 0 Å². The Morgan fingerprint density at radius 2 is 1.03 bits per heavy atom. The van der Waals surface area contributed by atoms with Crippen LogP contribution in [-0.4, -0.2) is 47.9 Å². The Morgan fingerprint density at radius 3 is 1.33 bits per heavy atom. The largest absolute Gasteiger partial charge is 0.463 e. The summed E-state index contributed by atoms with van der Waals surface area (Å²) in [7, 11) is 0. The van der Waals surface area contributed by atoms with Crippen LogP contribution in [0.15, 0.2) is 0 Å². The number of halogens is 13. The molecule has 0 rings (SSSR count). The maximum Gasteiger partial charge on any atom is 0.460 e. The van der Waals surface area contributed by atoms with Crippen LogP contribution in [0.2, 0.25) is 0 Å². The molecule has 0 aromatic carbocycles. The number of esters is 1. The lowest BCUT2D eigenvalue weighted by Crippen LogP contribution is -2.70. The Bertz CT molecular complexity index is 608. The first-order valence-corrected chi connectivity index (χ1v) is 8.04. The van der Waals surface area contributed by atoms with Crippen molar-refractivity contribution in [3.63, 3.8) is 0 Å². The van der Waals surface area contributed by atoms with Gasteiger partial charge < -0.3 is 4.74 Å². The van der Waals surface area contributed by atoms with Crippen LogP contribution >= 0.6 is 0 Å². The zero-order chi connectivity index (χ0) is 24.7. The quantitative estimate of drug-likeness (QED) is 0.287. The molecule has 0 fully saturated rings. The lowest BCUT2D eigenvalue weighted by atomic mass is 9.84. The number of ether oxygens (including phenoxy) is 1. The Balaban J connectivity index is 6.26. The monoisotopic (exact) mass is 476 g/mol. The molecule has 0 amide bonds. The molecule has 0 saturated carbocycles. The molecule has 30 heavy (non-hydrogen) atoms. The van der Waals surface area contributed by atoms with E-state index >= 15 is 0 Å². The van der Waals surface area contributed by atoms with Crippen molar-refractivity contribution >= 4 is 5.97 Å². The first kappa shape index (κ1) is 28.6. The number of rotatable bonds is 9. The zero-order valence-corrected chi connectivity index (χ0v) is 15.7. The Labute approximate surface area is 161 Å². The van der Waals surface area contributed by atoms with Crippen LogP contribution < -0.4 is 0 Å². The molecule has 1 atom stereocenters. The van der Waals surface area contributed by atoms with Gasteiger partial charge in [-0.2, -0.15) is 57.1 Å². The molecule has 180 valence electrons. The summed E-state index contributed by atoms with van der Waals surface area (Å²) in [5, 5.41) is 0. The predicted octanol–water partition coefficient (Wildman–Crippen LogP) is 6.34. The van der Waals surface area contributed by atoms with E-state index in [9.17, 15) is 61.9 Å². The topological polar surface area (TPSA) is 26.3 Å². The third-order valence-electron chi connectivity index (χ3n) is 3.93. The Hall–Kier alpha value is -1.44. The fourth-order valence-electron chi connectivity index (χ4n) is 2.12. The predicted molar refractivity (Wildman–Crippen MR) is 75.0 cm³/mol. The first-order chi connectivity index (χ1) is 12.9. The summed E-state index contributed by atoms with van der Waals surface area (Å²) in [6.07, 6.45) is -11.1. The molecular formula is C15H17F13O2. The van der Waals surface area contributed by atoms with E-state index in [1.807, 2.05) is 0 Å². The van der Waals surface area contributed by atoms with Gasteiger partial charge >= 0.3 is 41.8 Å². The number of hydrogen-bond donors (Lipinski definition) is 0. The van der Waals surface area contributed by atoms with E-state index < -0.39 is 66.1 Å². The summed E-state index contributed by atoms with van der Waals surface area (Å²) >= 11 is 0. The van der Waals surface area contributed by atoms with Gasteiger partial charge in [0.05, 0.1) is 12.0 Å². The zero-order valence-electron chi connectivity index (χ0n) is 15.7. The van der Waals surface area contributed by atoms with Crippen LogP contribution in [0.4, 0.5) is 57.1 Å². The van der Waals surface area contributed by atoms with E-state index in [4.69, 9.17) is 0 Å². The molecule has 1 unspecified atom stereocenters. The highest BCUT2D eigenvalue weighted by atomic mass is 19.4. The van der Waals surface area contributed by atoms with Gasteiger partial charge in [0.15, 0.2) is 0 Å². The molecule has 0 aliphatic carbocycles. The van der Waals surface area contributed by atoms with Crippen LogP contribution in [0.5, 0.6) is 0 Å². The maximum absolute atomic E-state index is 13.9. The van der Waals surface area contributed by atoms with E-state index in [0.717, 1.165) is 13.8 Å². The van der Waals surface area contributed by atoms with Crippen LogP contribution in [0.1, 0.15) is 34.1 Å². The summed E-state index contributed by atoms with van der Waals surface area (Å²) in [6, 6.07) is 0. The summed E-state index contributed by atoms with van der Waals surface area (Å²) in [4.78, 5) is 11.7. The van der Waals surface area contributed by atoms with Crippen molar-refractivity contribution in [3.05, 3.63) is 0 Å². The van der Waals surface area contributed by atoms with Crippen molar-refractivity contribution in [1.29, 1.82) is 0 Å². The van der Waals surface area contributed by atoms with Gasteiger partial charge in [0, 0.05) is 6.42 Å². The van der Waals surface area contributed by atoms with Crippen molar-refractivity contribution in [2.24, 2.45) is 11.8 Å². The highest BCUT2D eigenvalue weighted by Gasteiger charge is 2.90. The van der Waals surface area contributed by atoms with Crippen LogP contribution in [0.3, 0.4) is 0 Å². The number of hydrogen-bond acceptors (Lipinski definition) is 2. The summed E-state index contributed by atoms with van der Waals surface area (Å²) in [5.74, 6) is -42.6. The molecule has 0 radical (unpaired) electrons. The Morgan fingerprint density at radius 1 is 0.667 bits per heavy atom. The molecule has 0 aliphatic heterocycles. The minimum Gasteiger partial charge on any atom is -0.463 e. The molecule has 0 aromatic heterocycles. The smallest absolute Gasteiger partial charge is 0.460 e. The Kier molecular flexibility index (Phi) is 7.85. The standard InChI is InChI=1S/C15H17F13O2/c1-6(2)8(9(29)30-7(3)4)5-10(16,17)11(18,19)12(20,21)13(22,23)14(24,25)15(26,27)28/h6-8H,5H2,1-4H3. The lowest BCUT2D eigenvalue weighted by molar-refractivity contribution is -0.440. The molecule has 0 aromatic rings. The van der Waals surface area contributed by atoms with Gasteiger partial charge in [-0.1, -0.05) is 13.8 Å². The van der Waals surface area contributed by atoms with Gasteiger partial charge in [0.25, 0.3) is 0 Å². The fraction of sp³-hybridized carbons (Fsp3) is 0.933. The van der Waals surface area contributed by atoms with E-state index in [-0.39, 0.29) is 0 Å². The molecule has 0 spiro atoms. The number of carbonyl (C=O) groups is 1. The van der Waals surface area contributed by atoms with Gasteiger partial charge in [-0.15, -0.1) is 0 Å². The highest BCUT2D eigenvalue weighted by Crippen LogP contribution is 2.61. The minimum absolute atomic E-state index is 0.963. The van der Waals surface area contributed by atoms with Gasteiger partial charge in [-0.25, -0.2) is 0 Å². The second-order valence-electron chi connectivity index (χ2n) is 7.04. The third-order valence-corrected chi connectivity index (χ3v) is 3.93. The first-order valence-electron chi connectivity index (χ1n) is 8.04. The van der Waals surface area contributed by atoms with Gasteiger partial charge in [0.1, 0.15) is 0 Å². The van der Waals surface area contributed by atoms with E-state index in [0.29, 0.717) is 0 Å². The number of carbonyl (C=O) groups excluding carboxylic acids is 1. The molecule has 2 nitrogen and oxygen atoms in total. The van der Waals surface area contributed by atoms with Crippen molar-refractivity contribution in [1.82, 2.24) is 0 Å². The SMILES string of the molecule is CC(C)OC(=O)C(CC(F)(F)C(F)(F)C(F)(F)C(F)(F)C(F)(F)C(F)(F)F)C(C)C. The van der Waals surface area contributed by atoms with Gasteiger partial charge in [-0.05, 0) is 19.8 Å². The summed E-state index contributed by atoms with van der Waals surface area (Å²) < 4.78 is 175. The molecule has 15 heteroatoms. The van der Waals surface area contributed by atoms with Crippen LogP contribution in [0.25, 0.3) is 0 Å². The van der Waals surface area contributed by atoms with E-state index in [1.165, 1.54) is 13.8 Å².